The Kier molecular flexibility index (Phi) is 5.80. The van der Waals surface area contributed by atoms with Crippen LogP contribution in [0, 0.1) is 0 Å². The average Bonchev–Trinajstić information content (AvgIpc) is 3.32. The van der Waals surface area contributed by atoms with Crippen LogP contribution < -0.4 is 10.6 Å². The first-order chi connectivity index (χ1) is 12.6. The van der Waals surface area contributed by atoms with Crippen LogP contribution in [0.3, 0.4) is 0 Å². The highest BCUT2D eigenvalue weighted by Gasteiger charge is 2.15. The first-order valence-corrected chi connectivity index (χ1v) is 9.17. The number of nitrogens with one attached hydrogen (secondary N) is 2. The molecule has 3 rings (SSSR count). The van der Waals surface area contributed by atoms with E-state index in [1.165, 1.54) is 5.56 Å². The quantitative estimate of drug-likeness (QED) is 0.671. The van der Waals surface area contributed by atoms with Gasteiger partial charge in [-0.3, -0.25) is 9.59 Å². The maximum absolute atomic E-state index is 12.1. The molecule has 0 spiro atoms. The first kappa shape index (κ1) is 17.9. The van der Waals surface area contributed by atoms with E-state index in [1.807, 2.05) is 48.7 Å². The zero-order chi connectivity index (χ0) is 18.4. The third-order valence-electron chi connectivity index (χ3n) is 3.74. The second kappa shape index (κ2) is 8.44. The van der Waals surface area contributed by atoms with Gasteiger partial charge in [0.2, 0.25) is 5.91 Å². The summed E-state index contributed by atoms with van der Waals surface area (Å²) >= 11 is 1.63. The van der Waals surface area contributed by atoms with Crippen molar-refractivity contribution < 1.29 is 14.1 Å². The maximum atomic E-state index is 12.1. The number of nitrogens with zero attached hydrogens (tertiary/aromatic N) is 1. The van der Waals surface area contributed by atoms with Gasteiger partial charge in [0.05, 0.1) is 6.54 Å². The lowest BCUT2D eigenvalue weighted by atomic mass is 10.1. The Morgan fingerprint density at radius 1 is 1.23 bits per heavy atom. The minimum atomic E-state index is -0.448. The van der Waals surface area contributed by atoms with Crippen molar-refractivity contribution >= 4 is 23.2 Å². The molecule has 0 saturated carbocycles. The molecular formula is C19H19N3O3S. The SMILES string of the molecule is C[C@H](Cc1ccsc1)NC(=O)CNC(=O)c1cc(-c2ccccc2)on1. The summed E-state index contributed by atoms with van der Waals surface area (Å²) in [5.41, 5.74) is 2.16. The second-order valence-corrected chi connectivity index (χ2v) is 6.71. The third kappa shape index (κ3) is 4.80. The molecule has 2 amide bonds. The molecule has 0 aliphatic carbocycles. The van der Waals surface area contributed by atoms with Crippen LogP contribution in [0.5, 0.6) is 0 Å². The highest BCUT2D eigenvalue weighted by atomic mass is 32.1. The molecule has 2 N–H and O–H groups in total. The van der Waals surface area contributed by atoms with Gasteiger partial charge in [-0.15, -0.1) is 0 Å². The molecule has 0 bridgehead atoms. The van der Waals surface area contributed by atoms with Gasteiger partial charge in [0.15, 0.2) is 11.5 Å². The van der Waals surface area contributed by atoms with Crippen LogP contribution in [0.25, 0.3) is 11.3 Å². The number of aromatic nitrogens is 1. The highest BCUT2D eigenvalue weighted by molar-refractivity contribution is 7.07. The number of hydrogen-bond donors (Lipinski definition) is 2. The van der Waals surface area contributed by atoms with Crippen molar-refractivity contribution in [1.29, 1.82) is 0 Å². The van der Waals surface area contributed by atoms with Crippen molar-refractivity contribution in [1.82, 2.24) is 15.8 Å². The van der Waals surface area contributed by atoms with Crippen molar-refractivity contribution in [2.45, 2.75) is 19.4 Å². The molecule has 7 heteroatoms. The Morgan fingerprint density at radius 2 is 2.04 bits per heavy atom. The summed E-state index contributed by atoms with van der Waals surface area (Å²) in [6.45, 7) is 1.82. The maximum Gasteiger partial charge on any atom is 0.273 e. The number of amides is 2. The molecule has 26 heavy (non-hydrogen) atoms. The van der Waals surface area contributed by atoms with Gasteiger partial charge in [-0.1, -0.05) is 35.5 Å². The fourth-order valence-corrected chi connectivity index (χ4v) is 3.19. The molecule has 3 aromatic rings. The van der Waals surface area contributed by atoms with Gasteiger partial charge in [-0.25, -0.2) is 0 Å². The highest BCUT2D eigenvalue weighted by Crippen LogP contribution is 2.19. The smallest absolute Gasteiger partial charge is 0.273 e. The number of benzene rings is 1. The Bertz CT molecular complexity index is 859. The zero-order valence-electron chi connectivity index (χ0n) is 14.3. The van der Waals surface area contributed by atoms with Gasteiger partial charge >= 0.3 is 0 Å². The Hall–Kier alpha value is -2.93. The van der Waals surface area contributed by atoms with E-state index in [1.54, 1.807) is 17.4 Å². The molecule has 2 heterocycles. The number of carbonyl (C=O) groups is 2. The molecule has 1 aromatic carbocycles. The van der Waals surface area contributed by atoms with E-state index < -0.39 is 5.91 Å². The zero-order valence-corrected chi connectivity index (χ0v) is 15.1. The fourth-order valence-electron chi connectivity index (χ4n) is 2.51. The summed E-state index contributed by atoms with van der Waals surface area (Å²) in [4.78, 5) is 24.1. The van der Waals surface area contributed by atoms with E-state index in [2.05, 4.69) is 21.2 Å². The molecule has 0 saturated heterocycles. The van der Waals surface area contributed by atoms with Crippen molar-refractivity contribution in [3.63, 3.8) is 0 Å². The molecule has 2 aromatic heterocycles. The van der Waals surface area contributed by atoms with Gasteiger partial charge in [0, 0.05) is 17.7 Å². The van der Waals surface area contributed by atoms with Crippen LogP contribution in [-0.2, 0) is 11.2 Å². The van der Waals surface area contributed by atoms with E-state index >= 15 is 0 Å². The predicted molar refractivity (Wildman–Crippen MR) is 99.9 cm³/mol. The number of thiophene rings is 1. The average molecular weight is 369 g/mol. The second-order valence-electron chi connectivity index (χ2n) is 5.93. The molecule has 6 nitrogen and oxygen atoms in total. The summed E-state index contributed by atoms with van der Waals surface area (Å²) in [5.74, 6) is -0.186. The van der Waals surface area contributed by atoms with Crippen molar-refractivity contribution in [3.8, 4) is 11.3 Å². The lowest BCUT2D eigenvalue weighted by Gasteiger charge is -2.13. The number of hydrogen-bond acceptors (Lipinski definition) is 5. The minimum Gasteiger partial charge on any atom is -0.355 e. The standard InChI is InChI=1S/C19H19N3O3S/c1-13(9-14-7-8-26-12-14)21-18(23)11-20-19(24)16-10-17(25-22-16)15-5-3-2-4-6-15/h2-8,10,12-13H,9,11H2,1H3,(H,20,24)(H,21,23)/t13-/m1/s1. The lowest BCUT2D eigenvalue weighted by Crippen LogP contribution is -2.41. The molecule has 0 aliphatic rings. The summed E-state index contributed by atoms with van der Waals surface area (Å²) < 4.78 is 5.19. The monoisotopic (exact) mass is 369 g/mol. The molecule has 0 aliphatic heterocycles. The van der Waals surface area contributed by atoms with E-state index in [0.29, 0.717) is 5.76 Å². The van der Waals surface area contributed by atoms with E-state index in [-0.39, 0.29) is 24.2 Å². The number of rotatable bonds is 7. The van der Waals surface area contributed by atoms with Crippen LogP contribution in [0.1, 0.15) is 23.0 Å². The molecule has 0 unspecified atom stereocenters. The topological polar surface area (TPSA) is 84.2 Å². The Labute approximate surface area is 155 Å². The Morgan fingerprint density at radius 3 is 2.77 bits per heavy atom. The molecule has 134 valence electrons. The van der Waals surface area contributed by atoms with Crippen molar-refractivity contribution in [2.75, 3.05) is 6.54 Å². The van der Waals surface area contributed by atoms with E-state index in [0.717, 1.165) is 12.0 Å². The lowest BCUT2D eigenvalue weighted by molar-refractivity contribution is -0.120. The minimum absolute atomic E-state index is 0.00858. The summed E-state index contributed by atoms with van der Waals surface area (Å²) in [5, 5.41) is 13.2. The molecule has 0 fully saturated rings. The van der Waals surface area contributed by atoms with Gasteiger partial charge in [-0.2, -0.15) is 11.3 Å². The third-order valence-corrected chi connectivity index (χ3v) is 4.47. The molecular weight excluding hydrogens is 350 g/mol. The van der Waals surface area contributed by atoms with Crippen LogP contribution in [-0.4, -0.2) is 29.6 Å². The fraction of sp³-hybridized carbons (Fsp3) is 0.211. The van der Waals surface area contributed by atoms with Gasteiger partial charge in [0.1, 0.15) is 0 Å². The summed E-state index contributed by atoms with van der Waals surface area (Å²) in [7, 11) is 0. The first-order valence-electron chi connectivity index (χ1n) is 8.22. The van der Waals surface area contributed by atoms with Gasteiger partial charge in [0.25, 0.3) is 5.91 Å². The predicted octanol–water partition coefficient (Wildman–Crippen LogP) is 2.88. The summed E-state index contributed by atoms with van der Waals surface area (Å²) in [6.07, 6.45) is 0.757. The van der Waals surface area contributed by atoms with Crippen molar-refractivity contribution in [3.05, 3.63) is 64.5 Å². The molecule has 0 radical (unpaired) electrons. The van der Waals surface area contributed by atoms with Gasteiger partial charge in [-0.05, 0) is 35.7 Å². The Balaban J connectivity index is 1.48. The van der Waals surface area contributed by atoms with Crippen LogP contribution >= 0.6 is 11.3 Å². The molecule has 1 atom stereocenters. The van der Waals surface area contributed by atoms with Gasteiger partial charge < -0.3 is 15.2 Å². The normalized spacial score (nSPS) is 11.7. The van der Waals surface area contributed by atoms with Crippen LogP contribution in [0.15, 0.2) is 57.7 Å². The summed E-state index contributed by atoms with van der Waals surface area (Å²) in [6, 6.07) is 13.0. The van der Waals surface area contributed by atoms with Crippen LogP contribution in [0.2, 0.25) is 0 Å². The van der Waals surface area contributed by atoms with Crippen molar-refractivity contribution in [2.24, 2.45) is 0 Å². The number of carbonyl (C=O) groups excluding carboxylic acids is 2. The largest absolute Gasteiger partial charge is 0.355 e. The van der Waals surface area contributed by atoms with Crippen LogP contribution in [0.4, 0.5) is 0 Å². The van der Waals surface area contributed by atoms with E-state index in [9.17, 15) is 9.59 Å². The van der Waals surface area contributed by atoms with E-state index in [4.69, 9.17) is 4.52 Å².